The quantitative estimate of drug-likeness (QED) is 0.600. The molecular formula is C21H24N8O2. The van der Waals surface area contributed by atoms with Crippen molar-refractivity contribution in [2.24, 2.45) is 0 Å². The molecule has 0 spiro atoms. The molecule has 2 aliphatic rings. The summed E-state index contributed by atoms with van der Waals surface area (Å²) in [4.78, 5) is 42.0. The number of nitrogens with zero attached hydrogens (tertiary/aromatic N) is 8. The van der Waals surface area contributed by atoms with E-state index < -0.39 is 0 Å². The largest absolute Gasteiger partial charge is 0.353 e. The van der Waals surface area contributed by atoms with Gasteiger partial charge in [-0.15, -0.1) is 0 Å². The van der Waals surface area contributed by atoms with E-state index in [0.29, 0.717) is 37.9 Å². The maximum atomic E-state index is 12.7. The van der Waals surface area contributed by atoms with E-state index in [1.54, 1.807) is 15.6 Å². The smallest absolute Gasteiger partial charge is 0.254 e. The van der Waals surface area contributed by atoms with Crippen molar-refractivity contribution in [1.29, 1.82) is 0 Å². The summed E-state index contributed by atoms with van der Waals surface area (Å²) in [6, 6.07) is 5.39. The first-order chi connectivity index (χ1) is 15.1. The zero-order valence-electron chi connectivity index (χ0n) is 17.4. The second kappa shape index (κ2) is 7.93. The molecule has 4 heterocycles. The van der Waals surface area contributed by atoms with Crippen molar-refractivity contribution >= 4 is 11.7 Å². The SMILES string of the molecule is Cc1ccn(-c2cc(N3CCN(C(=O)Cn4cnc(C5CC5)cc4=O)CC3)ncn2)n1. The van der Waals surface area contributed by atoms with E-state index in [0.717, 1.165) is 30.0 Å². The highest BCUT2D eigenvalue weighted by Crippen LogP contribution is 2.38. The minimum atomic E-state index is -0.161. The fraction of sp³-hybridized carbons (Fsp3) is 0.429. The molecular weight excluding hydrogens is 396 g/mol. The van der Waals surface area contributed by atoms with Crippen molar-refractivity contribution in [3.05, 3.63) is 58.8 Å². The normalized spacial score (nSPS) is 16.5. The maximum Gasteiger partial charge on any atom is 0.254 e. The fourth-order valence-electron chi connectivity index (χ4n) is 3.77. The number of hydrogen-bond donors (Lipinski definition) is 0. The fourth-order valence-corrected chi connectivity index (χ4v) is 3.77. The minimum absolute atomic E-state index is 0.0209. The van der Waals surface area contributed by atoms with Gasteiger partial charge in [-0.2, -0.15) is 5.10 Å². The highest BCUT2D eigenvalue weighted by atomic mass is 16.2. The summed E-state index contributed by atoms with van der Waals surface area (Å²) in [5, 5.41) is 4.39. The van der Waals surface area contributed by atoms with Gasteiger partial charge in [-0.3, -0.25) is 14.2 Å². The zero-order chi connectivity index (χ0) is 21.4. The Labute approximate surface area is 179 Å². The summed E-state index contributed by atoms with van der Waals surface area (Å²) < 4.78 is 3.11. The van der Waals surface area contributed by atoms with E-state index >= 15 is 0 Å². The molecule has 0 radical (unpaired) electrons. The van der Waals surface area contributed by atoms with Crippen molar-refractivity contribution in [1.82, 2.24) is 34.2 Å². The molecule has 3 aromatic rings. The van der Waals surface area contributed by atoms with Gasteiger partial charge in [0, 0.05) is 50.4 Å². The lowest BCUT2D eigenvalue weighted by molar-refractivity contribution is -0.132. The topological polar surface area (TPSA) is 102 Å². The average molecular weight is 420 g/mol. The second-order valence-electron chi connectivity index (χ2n) is 8.06. The Morgan fingerprint density at radius 1 is 1.06 bits per heavy atom. The molecule has 0 aromatic carbocycles. The van der Waals surface area contributed by atoms with Crippen molar-refractivity contribution < 1.29 is 4.79 Å². The van der Waals surface area contributed by atoms with Gasteiger partial charge >= 0.3 is 0 Å². The van der Waals surface area contributed by atoms with E-state index in [4.69, 9.17) is 0 Å². The lowest BCUT2D eigenvalue weighted by Gasteiger charge is -2.35. The third kappa shape index (κ3) is 4.18. The first kappa shape index (κ1) is 19.4. The Balaban J connectivity index is 1.20. The second-order valence-corrected chi connectivity index (χ2v) is 8.06. The highest BCUT2D eigenvalue weighted by molar-refractivity contribution is 5.76. The van der Waals surface area contributed by atoms with Crippen LogP contribution in [-0.2, 0) is 11.3 Å². The van der Waals surface area contributed by atoms with Gasteiger partial charge in [0.1, 0.15) is 18.7 Å². The van der Waals surface area contributed by atoms with Crippen LogP contribution in [0.5, 0.6) is 0 Å². The number of aromatic nitrogens is 6. The monoisotopic (exact) mass is 420 g/mol. The molecule has 3 aromatic heterocycles. The van der Waals surface area contributed by atoms with E-state index in [1.807, 2.05) is 25.3 Å². The molecule has 10 heteroatoms. The summed E-state index contributed by atoms with van der Waals surface area (Å²) in [6.45, 7) is 4.42. The van der Waals surface area contributed by atoms with Gasteiger partial charge in [-0.05, 0) is 25.8 Å². The molecule has 0 unspecified atom stereocenters. The third-order valence-electron chi connectivity index (χ3n) is 5.75. The summed E-state index contributed by atoms with van der Waals surface area (Å²) in [7, 11) is 0. The molecule has 31 heavy (non-hydrogen) atoms. The van der Waals surface area contributed by atoms with Crippen LogP contribution in [0.3, 0.4) is 0 Å². The van der Waals surface area contributed by atoms with Crippen LogP contribution >= 0.6 is 0 Å². The molecule has 0 atom stereocenters. The van der Waals surface area contributed by atoms with Crippen LogP contribution < -0.4 is 10.5 Å². The van der Waals surface area contributed by atoms with Crippen LogP contribution in [0.15, 0.2) is 41.8 Å². The van der Waals surface area contributed by atoms with E-state index in [-0.39, 0.29) is 18.0 Å². The number of anilines is 1. The van der Waals surface area contributed by atoms with E-state index in [9.17, 15) is 9.59 Å². The summed E-state index contributed by atoms with van der Waals surface area (Å²) >= 11 is 0. The number of rotatable bonds is 5. The molecule has 1 amide bonds. The predicted molar refractivity (Wildman–Crippen MR) is 113 cm³/mol. The average Bonchev–Trinajstić information content (AvgIpc) is 3.55. The molecule has 1 aliphatic carbocycles. The summed E-state index contributed by atoms with van der Waals surface area (Å²) in [5.41, 5.74) is 1.60. The number of hydrogen-bond acceptors (Lipinski definition) is 7. The summed E-state index contributed by atoms with van der Waals surface area (Å²) in [6.07, 6.45) is 7.09. The van der Waals surface area contributed by atoms with Crippen LogP contribution in [-0.4, -0.2) is 66.3 Å². The molecule has 160 valence electrons. The van der Waals surface area contributed by atoms with E-state index in [2.05, 4.69) is 25.0 Å². The third-order valence-corrected chi connectivity index (χ3v) is 5.75. The number of aryl methyl sites for hydroxylation is 1. The summed E-state index contributed by atoms with van der Waals surface area (Å²) in [5.74, 6) is 1.86. The van der Waals surface area contributed by atoms with Gasteiger partial charge in [0.05, 0.1) is 17.7 Å². The van der Waals surface area contributed by atoms with Crippen LogP contribution in [0.2, 0.25) is 0 Å². The lowest BCUT2D eigenvalue weighted by atomic mass is 10.3. The standard InChI is InChI=1S/C21H24N8O2/c1-15-4-5-29(25-15)19-11-18(22-13-23-19)26-6-8-27(9-7-26)21(31)12-28-14-24-17(10-20(28)30)16-2-3-16/h4-5,10-11,13-14,16H,2-3,6-9,12H2,1H3. The van der Waals surface area contributed by atoms with Crippen molar-refractivity contribution in [3.63, 3.8) is 0 Å². The molecule has 1 saturated carbocycles. The molecule has 2 fully saturated rings. The Hall–Kier alpha value is -3.56. The van der Waals surface area contributed by atoms with Crippen LogP contribution in [0.4, 0.5) is 5.82 Å². The van der Waals surface area contributed by atoms with Crippen LogP contribution in [0, 0.1) is 6.92 Å². The van der Waals surface area contributed by atoms with Gasteiger partial charge < -0.3 is 9.80 Å². The first-order valence-electron chi connectivity index (χ1n) is 10.5. The molecule has 5 rings (SSSR count). The van der Waals surface area contributed by atoms with Gasteiger partial charge in [0.15, 0.2) is 5.82 Å². The van der Waals surface area contributed by atoms with Gasteiger partial charge in [-0.1, -0.05) is 0 Å². The van der Waals surface area contributed by atoms with Gasteiger partial charge in [-0.25, -0.2) is 19.6 Å². The number of carbonyl (C=O) groups excluding carboxylic acids is 1. The first-order valence-corrected chi connectivity index (χ1v) is 10.5. The number of carbonyl (C=O) groups is 1. The Bertz CT molecular complexity index is 1160. The van der Waals surface area contributed by atoms with Crippen molar-refractivity contribution in [2.75, 3.05) is 31.1 Å². The van der Waals surface area contributed by atoms with Gasteiger partial charge in [0.2, 0.25) is 5.91 Å². The Kier molecular flexibility index (Phi) is 4.97. The molecule has 1 aliphatic heterocycles. The van der Waals surface area contributed by atoms with Crippen LogP contribution in [0.1, 0.15) is 30.1 Å². The highest BCUT2D eigenvalue weighted by Gasteiger charge is 2.26. The molecule has 0 N–H and O–H groups in total. The van der Waals surface area contributed by atoms with Crippen LogP contribution in [0.25, 0.3) is 5.82 Å². The number of amides is 1. The Morgan fingerprint density at radius 3 is 2.52 bits per heavy atom. The molecule has 10 nitrogen and oxygen atoms in total. The predicted octanol–water partition coefficient (Wildman–Crippen LogP) is 0.754. The molecule has 1 saturated heterocycles. The van der Waals surface area contributed by atoms with Crippen molar-refractivity contribution in [2.45, 2.75) is 32.2 Å². The maximum absolute atomic E-state index is 12.7. The minimum Gasteiger partial charge on any atom is -0.353 e. The van der Waals surface area contributed by atoms with Gasteiger partial charge in [0.25, 0.3) is 5.56 Å². The number of piperazine rings is 1. The lowest BCUT2D eigenvalue weighted by Crippen LogP contribution is -2.50. The Morgan fingerprint density at radius 2 is 1.84 bits per heavy atom. The van der Waals surface area contributed by atoms with Crippen molar-refractivity contribution in [3.8, 4) is 5.82 Å². The zero-order valence-corrected chi connectivity index (χ0v) is 17.4. The molecule has 0 bridgehead atoms. The van der Waals surface area contributed by atoms with E-state index in [1.165, 1.54) is 17.2 Å².